The molecule has 3 aromatic carbocycles. The summed E-state index contributed by atoms with van der Waals surface area (Å²) in [4.78, 5) is 45.7. The Labute approximate surface area is 300 Å². The van der Waals surface area contributed by atoms with Crippen LogP contribution in [0.4, 0.5) is 13.2 Å². The van der Waals surface area contributed by atoms with Crippen molar-refractivity contribution in [3.8, 4) is 6.07 Å². The van der Waals surface area contributed by atoms with Gasteiger partial charge < -0.3 is 14.6 Å². The summed E-state index contributed by atoms with van der Waals surface area (Å²) >= 11 is 1.19. The van der Waals surface area contributed by atoms with Crippen molar-refractivity contribution in [3.05, 3.63) is 137 Å². The Morgan fingerprint density at radius 2 is 1.77 bits per heavy atom. The number of hydrogen-bond acceptors (Lipinski definition) is 9. The first kappa shape index (κ1) is 36.2. The highest BCUT2D eigenvalue weighted by molar-refractivity contribution is 8.00. The minimum atomic E-state index is -2.00. The molecule has 0 radical (unpaired) electrons. The molecule has 2 aliphatic rings. The number of amides is 2. The highest BCUT2D eigenvalue weighted by Gasteiger charge is 2.58. The van der Waals surface area contributed by atoms with Crippen molar-refractivity contribution < 1.29 is 42.1 Å². The van der Waals surface area contributed by atoms with E-state index in [2.05, 4.69) is 10.1 Å². The SMILES string of the molecule is C[C@@H](S[C@H]1CO[C@H](/C=C/C=C/c2ccc(C#N)cc2F)OC1)[C@@](Cn1cncn1)(c1ccc(F)cc1F)C(C(=O)O)N1C(=O)c2ccccc2C1=O. The number of nitriles is 1. The lowest BCUT2D eigenvalue weighted by Crippen LogP contribution is -2.63. The monoisotopic (exact) mass is 729 g/mol. The van der Waals surface area contributed by atoms with Crippen molar-refractivity contribution in [2.45, 2.75) is 41.7 Å². The molecule has 3 atom stereocenters. The van der Waals surface area contributed by atoms with Crippen LogP contribution in [0.15, 0.2) is 91.5 Å². The molecule has 1 unspecified atom stereocenters. The molecule has 1 N–H and O–H groups in total. The standard InChI is InChI=1S/C37H30F3N5O6S/c1-22(52-26-17-50-32(51-18-26)9-5-2-6-24-11-10-23(16-41)14-30(24)39)37(19-44-21-42-20-43-44,29-13-12-25(38)15-31(29)40)33(36(48)49)45-34(46)27-7-3-4-8-28(27)35(45)47/h2-15,20-22,26,32-33H,17-19H2,1H3,(H,48,49)/b6-2+,9-5+/t22-,26-,32-,33?,37+/m1/s1. The van der Waals surface area contributed by atoms with Crippen LogP contribution < -0.4 is 0 Å². The zero-order valence-corrected chi connectivity index (χ0v) is 28.3. The number of rotatable bonds is 12. The highest BCUT2D eigenvalue weighted by atomic mass is 32.2. The lowest BCUT2D eigenvalue weighted by atomic mass is 9.70. The lowest BCUT2D eigenvalue weighted by molar-refractivity contribution is -0.146. The molecule has 0 saturated carbocycles. The second-order valence-corrected chi connectivity index (χ2v) is 13.7. The molecule has 4 aromatic rings. The zero-order chi connectivity index (χ0) is 37.0. The topological polar surface area (TPSA) is 148 Å². The van der Waals surface area contributed by atoms with E-state index >= 15 is 4.39 Å². The van der Waals surface area contributed by atoms with Crippen molar-refractivity contribution in [3.63, 3.8) is 0 Å². The van der Waals surface area contributed by atoms with Gasteiger partial charge in [-0.05, 0) is 42.0 Å². The van der Waals surface area contributed by atoms with Gasteiger partial charge in [0, 0.05) is 16.9 Å². The van der Waals surface area contributed by atoms with Gasteiger partial charge >= 0.3 is 5.97 Å². The van der Waals surface area contributed by atoms with Crippen molar-refractivity contribution in [2.24, 2.45) is 0 Å². The van der Waals surface area contributed by atoms with Crippen LogP contribution in [0.2, 0.25) is 0 Å². The summed E-state index contributed by atoms with van der Waals surface area (Å²) in [6.07, 6.45) is 8.04. The summed E-state index contributed by atoms with van der Waals surface area (Å²) in [7, 11) is 0. The molecule has 11 nitrogen and oxygen atoms in total. The molecular weight excluding hydrogens is 699 g/mol. The number of carboxylic acid groups (broad SMARTS) is 1. The lowest BCUT2D eigenvalue weighted by Gasteiger charge is -2.46. The van der Waals surface area contributed by atoms with Gasteiger partial charge in [0.25, 0.3) is 11.8 Å². The minimum Gasteiger partial charge on any atom is -0.480 e. The van der Waals surface area contributed by atoms with E-state index in [1.807, 2.05) is 6.07 Å². The third-order valence-electron chi connectivity index (χ3n) is 8.93. The number of fused-ring (bicyclic) bond motifs is 1. The number of thioether (sulfide) groups is 1. The van der Waals surface area contributed by atoms with E-state index in [1.54, 1.807) is 37.3 Å². The molecule has 1 fully saturated rings. The predicted molar refractivity (Wildman–Crippen MR) is 182 cm³/mol. The summed E-state index contributed by atoms with van der Waals surface area (Å²) in [6.45, 7) is 1.47. The van der Waals surface area contributed by atoms with Crippen LogP contribution in [0.1, 0.15) is 44.3 Å². The summed E-state index contributed by atoms with van der Waals surface area (Å²) in [5.41, 5.74) is -1.73. The van der Waals surface area contributed by atoms with Crippen LogP contribution in [0.25, 0.3) is 6.08 Å². The number of halogens is 3. The summed E-state index contributed by atoms with van der Waals surface area (Å²) < 4.78 is 57.7. The van der Waals surface area contributed by atoms with Crippen LogP contribution >= 0.6 is 11.8 Å². The third kappa shape index (κ3) is 7.13. The van der Waals surface area contributed by atoms with Gasteiger partial charge in [-0.25, -0.2) is 22.9 Å². The smallest absolute Gasteiger partial charge is 0.327 e. The normalized spacial score (nSPS) is 19.8. The fourth-order valence-electron chi connectivity index (χ4n) is 6.49. The number of nitrogens with zero attached hydrogens (tertiary/aromatic N) is 5. The molecule has 266 valence electrons. The predicted octanol–water partition coefficient (Wildman–Crippen LogP) is 5.39. The molecule has 0 spiro atoms. The van der Waals surface area contributed by atoms with Gasteiger partial charge in [0.05, 0.1) is 53.2 Å². The van der Waals surface area contributed by atoms with E-state index in [9.17, 15) is 28.3 Å². The minimum absolute atomic E-state index is 0.00153. The summed E-state index contributed by atoms with van der Waals surface area (Å²) in [5, 5.41) is 22.6. The number of hydrogen-bond donors (Lipinski definition) is 1. The zero-order valence-electron chi connectivity index (χ0n) is 27.4. The van der Waals surface area contributed by atoms with Crippen molar-refractivity contribution >= 4 is 35.6 Å². The molecule has 3 heterocycles. The van der Waals surface area contributed by atoms with Gasteiger partial charge in [0.1, 0.15) is 36.1 Å². The Bertz CT molecular complexity index is 2060. The van der Waals surface area contributed by atoms with Crippen LogP contribution in [0, 0.1) is 28.8 Å². The Balaban J connectivity index is 1.30. The number of ether oxygens (including phenoxy) is 2. The highest BCUT2D eigenvalue weighted by Crippen LogP contribution is 2.46. The van der Waals surface area contributed by atoms with E-state index in [1.165, 1.54) is 59.4 Å². The Morgan fingerprint density at radius 3 is 2.37 bits per heavy atom. The quantitative estimate of drug-likeness (QED) is 0.149. The average Bonchev–Trinajstić information content (AvgIpc) is 3.73. The van der Waals surface area contributed by atoms with Gasteiger partial charge in [-0.3, -0.25) is 19.2 Å². The maximum atomic E-state index is 16.1. The number of imide groups is 1. The third-order valence-corrected chi connectivity index (χ3v) is 10.4. The van der Waals surface area contributed by atoms with Crippen LogP contribution in [0.5, 0.6) is 0 Å². The molecule has 0 aliphatic carbocycles. The van der Waals surface area contributed by atoms with Crippen LogP contribution in [-0.2, 0) is 26.2 Å². The average molecular weight is 730 g/mol. The largest absolute Gasteiger partial charge is 0.480 e. The fraction of sp³-hybridized carbons (Fsp3) is 0.243. The number of carbonyl (C=O) groups is 3. The Kier molecular flexibility index (Phi) is 10.7. The molecule has 6 rings (SSSR count). The number of carboxylic acids is 1. The Morgan fingerprint density at radius 1 is 1.06 bits per heavy atom. The molecule has 2 aliphatic heterocycles. The van der Waals surface area contributed by atoms with Crippen molar-refractivity contribution in [2.75, 3.05) is 13.2 Å². The Hall–Kier alpha value is -5.56. The number of carbonyl (C=O) groups excluding carboxylic acids is 2. The van der Waals surface area contributed by atoms with E-state index in [4.69, 9.17) is 14.7 Å². The molecular formula is C37H30F3N5O6S. The van der Waals surface area contributed by atoms with Crippen LogP contribution in [0.3, 0.4) is 0 Å². The van der Waals surface area contributed by atoms with E-state index in [0.717, 1.165) is 18.2 Å². The van der Waals surface area contributed by atoms with Gasteiger partial charge in [-0.2, -0.15) is 10.4 Å². The number of aromatic nitrogens is 3. The first-order valence-electron chi connectivity index (χ1n) is 15.9. The fourth-order valence-corrected chi connectivity index (χ4v) is 7.95. The number of benzene rings is 3. The summed E-state index contributed by atoms with van der Waals surface area (Å²) in [6, 6.07) is 12.6. The molecule has 1 saturated heterocycles. The van der Waals surface area contributed by atoms with Gasteiger partial charge in [0.2, 0.25) is 0 Å². The van der Waals surface area contributed by atoms with Gasteiger partial charge in [-0.1, -0.05) is 49.4 Å². The molecule has 2 amide bonds. The molecule has 1 aromatic heterocycles. The van der Waals surface area contributed by atoms with Crippen LogP contribution in [-0.4, -0.2) is 78.6 Å². The maximum Gasteiger partial charge on any atom is 0.327 e. The number of aliphatic carboxylic acids is 1. The maximum absolute atomic E-state index is 16.1. The summed E-state index contributed by atoms with van der Waals surface area (Å²) in [5.74, 6) is -5.87. The molecule has 15 heteroatoms. The number of allylic oxidation sites excluding steroid dienone is 2. The first-order chi connectivity index (χ1) is 25.0. The van der Waals surface area contributed by atoms with E-state index in [0.29, 0.717) is 11.0 Å². The van der Waals surface area contributed by atoms with E-state index < -0.39 is 63.5 Å². The second kappa shape index (κ2) is 15.4. The molecule has 52 heavy (non-hydrogen) atoms. The van der Waals surface area contributed by atoms with Gasteiger partial charge in [0.15, 0.2) is 6.29 Å². The first-order valence-corrected chi connectivity index (χ1v) is 16.9. The van der Waals surface area contributed by atoms with Crippen molar-refractivity contribution in [1.29, 1.82) is 5.26 Å². The van der Waals surface area contributed by atoms with Gasteiger partial charge in [-0.15, -0.1) is 11.8 Å². The molecule has 0 bridgehead atoms. The van der Waals surface area contributed by atoms with E-state index in [-0.39, 0.29) is 47.6 Å². The second-order valence-electron chi connectivity index (χ2n) is 12.1. The van der Waals surface area contributed by atoms with Crippen molar-refractivity contribution in [1.82, 2.24) is 19.7 Å².